The number of nitrogens with zero attached hydrogens (tertiary/aromatic N) is 2. The normalized spacial score (nSPS) is 31.5. The van der Waals surface area contributed by atoms with E-state index >= 15 is 0 Å². The lowest BCUT2D eigenvalue weighted by molar-refractivity contribution is 0.525. The van der Waals surface area contributed by atoms with Gasteiger partial charge in [-0.3, -0.25) is 0 Å². The Hall–Kier alpha value is 0.0400. The molecule has 136 valence electrons. The van der Waals surface area contributed by atoms with Gasteiger partial charge in [-0.2, -0.15) is 10.2 Å². The van der Waals surface area contributed by atoms with E-state index < -0.39 is 18.4 Å². The van der Waals surface area contributed by atoms with Crippen LogP contribution in [0.2, 0.25) is 0 Å². The second kappa shape index (κ2) is 7.22. The first-order valence-electron chi connectivity index (χ1n) is 7.34. The fourth-order valence-corrected chi connectivity index (χ4v) is 3.20. The summed E-state index contributed by atoms with van der Waals surface area (Å²) in [5, 5.41) is 8.43. The predicted molar refractivity (Wildman–Crippen MR) is 113 cm³/mol. The molecule has 0 aromatic rings. The van der Waals surface area contributed by atoms with Gasteiger partial charge in [0.2, 0.25) is 7.59 Å². The van der Waals surface area contributed by atoms with Gasteiger partial charge in [0.05, 0.1) is 22.3 Å². The molecule has 0 fully saturated rings. The zero-order valence-corrected chi connectivity index (χ0v) is 18.2. The van der Waals surface area contributed by atoms with Crippen LogP contribution in [0.4, 0.5) is 0 Å². The van der Waals surface area contributed by atoms with Crippen LogP contribution in [0.1, 0.15) is 20.8 Å². The van der Waals surface area contributed by atoms with Gasteiger partial charge in [0.15, 0.2) is 0 Å². The average molecular weight is 461 g/mol. The van der Waals surface area contributed by atoms with Crippen LogP contribution in [-0.2, 0) is 0 Å². The van der Waals surface area contributed by atoms with Crippen molar-refractivity contribution in [2.24, 2.45) is 21.0 Å². The number of rotatable bonds is 1. The molecule has 25 heavy (non-hydrogen) atoms. The van der Waals surface area contributed by atoms with Crippen molar-refractivity contribution in [3.63, 3.8) is 0 Å². The van der Waals surface area contributed by atoms with Gasteiger partial charge in [0, 0.05) is 0 Å². The van der Waals surface area contributed by atoms with Crippen LogP contribution < -0.4 is 0 Å². The van der Waals surface area contributed by atoms with Crippen LogP contribution in [0.5, 0.6) is 0 Å². The lowest BCUT2D eigenvalue weighted by Crippen LogP contribution is -2.33. The summed E-state index contributed by atoms with van der Waals surface area (Å²) in [5.74, 6) is 0. The molecule has 2 aliphatic carbocycles. The Bertz CT molecular complexity index is 715. The highest BCUT2D eigenvalue weighted by molar-refractivity contribution is 6.68. The summed E-state index contributed by atoms with van der Waals surface area (Å²) in [6, 6.07) is 0. The SMILES string of the molecule is CC1=C/C(=N\N=C2C=CC(C)(C(Cl)(Cl)Cl)C=C2)C=C[C@]1(C)C(Cl)(Cl)Cl. The molecule has 0 radical (unpaired) electrons. The second-order valence-corrected chi connectivity index (χ2v) is 10.9. The number of alkyl halides is 6. The minimum Gasteiger partial charge on any atom is -0.151 e. The first kappa shape index (κ1) is 21.3. The van der Waals surface area contributed by atoms with Gasteiger partial charge in [0.1, 0.15) is 0 Å². The topological polar surface area (TPSA) is 24.7 Å². The van der Waals surface area contributed by atoms with E-state index in [0.29, 0.717) is 11.4 Å². The Balaban J connectivity index is 2.21. The fourth-order valence-electron chi connectivity index (χ4n) is 2.18. The molecule has 0 unspecified atom stereocenters. The molecule has 2 aliphatic rings. The molecule has 0 aromatic heterocycles. The van der Waals surface area contributed by atoms with E-state index in [-0.39, 0.29) is 0 Å². The van der Waals surface area contributed by atoms with E-state index in [1.165, 1.54) is 0 Å². The Morgan fingerprint density at radius 2 is 1.24 bits per heavy atom. The van der Waals surface area contributed by atoms with Crippen LogP contribution in [0, 0.1) is 10.8 Å². The molecule has 0 aromatic carbocycles. The average Bonchev–Trinajstić information content (AvgIpc) is 2.48. The lowest BCUT2D eigenvalue weighted by atomic mass is 9.80. The molecule has 2 nitrogen and oxygen atoms in total. The largest absolute Gasteiger partial charge is 0.202 e. The summed E-state index contributed by atoms with van der Waals surface area (Å²) in [5.41, 5.74) is 0.798. The van der Waals surface area contributed by atoms with E-state index in [1.54, 1.807) is 30.4 Å². The third-order valence-electron chi connectivity index (χ3n) is 4.45. The van der Waals surface area contributed by atoms with Crippen LogP contribution in [0.15, 0.2) is 58.3 Å². The van der Waals surface area contributed by atoms with E-state index in [4.69, 9.17) is 69.6 Å². The second-order valence-electron chi connectivity index (χ2n) is 6.36. The number of hydrogen-bond donors (Lipinski definition) is 0. The third-order valence-corrected chi connectivity index (χ3v) is 6.85. The molecule has 0 saturated carbocycles. The van der Waals surface area contributed by atoms with E-state index in [9.17, 15) is 0 Å². The predicted octanol–water partition coefficient (Wildman–Crippen LogP) is 7.18. The third kappa shape index (κ3) is 4.48. The Labute approximate surface area is 177 Å². The van der Waals surface area contributed by atoms with Gasteiger partial charge in [0.25, 0.3) is 0 Å². The minimum atomic E-state index is -1.45. The molecular weight excluding hydrogens is 445 g/mol. The minimum absolute atomic E-state index is 0.647. The van der Waals surface area contributed by atoms with Crippen molar-refractivity contribution in [2.75, 3.05) is 0 Å². The molecule has 0 aliphatic heterocycles. The zero-order chi connectivity index (χ0) is 19.1. The quantitative estimate of drug-likeness (QED) is 0.292. The maximum atomic E-state index is 6.08. The molecule has 0 bridgehead atoms. The van der Waals surface area contributed by atoms with Gasteiger partial charge >= 0.3 is 0 Å². The van der Waals surface area contributed by atoms with Gasteiger partial charge < -0.3 is 0 Å². The molecule has 0 saturated heterocycles. The molecule has 0 N–H and O–H groups in total. The molecular formula is C17H16Cl6N2. The summed E-state index contributed by atoms with van der Waals surface area (Å²) in [6.07, 6.45) is 12.5. The van der Waals surface area contributed by atoms with E-state index in [2.05, 4.69) is 10.2 Å². The molecule has 2 rings (SSSR count). The Kier molecular flexibility index (Phi) is 6.16. The van der Waals surface area contributed by atoms with E-state index in [0.717, 1.165) is 5.57 Å². The number of allylic oxidation sites excluding steroid dienone is 8. The summed E-state index contributed by atoms with van der Waals surface area (Å²) in [4.78, 5) is 0. The monoisotopic (exact) mass is 458 g/mol. The van der Waals surface area contributed by atoms with Gasteiger partial charge in [-0.1, -0.05) is 93.4 Å². The van der Waals surface area contributed by atoms with Crippen LogP contribution in [0.25, 0.3) is 0 Å². The van der Waals surface area contributed by atoms with Crippen molar-refractivity contribution in [1.29, 1.82) is 0 Å². The molecule has 0 amide bonds. The Morgan fingerprint density at radius 1 is 0.760 bits per heavy atom. The first-order chi connectivity index (χ1) is 11.3. The van der Waals surface area contributed by atoms with Crippen molar-refractivity contribution in [1.82, 2.24) is 0 Å². The molecule has 8 heteroatoms. The number of halogens is 6. The van der Waals surface area contributed by atoms with E-state index in [1.807, 2.05) is 32.9 Å². The number of hydrogen-bond acceptors (Lipinski definition) is 2. The molecule has 0 heterocycles. The molecule has 0 spiro atoms. The molecule has 1 atom stereocenters. The summed E-state index contributed by atoms with van der Waals surface area (Å²) < 4.78 is -2.89. The highest BCUT2D eigenvalue weighted by atomic mass is 35.6. The smallest absolute Gasteiger partial charge is 0.151 e. The van der Waals surface area contributed by atoms with Crippen molar-refractivity contribution in [3.05, 3.63) is 48.1 Å². The van der Waals surface area contributed by atoms with Crippen LogP contribution in [-0.4, -0.2) is 19.0 Å². The fraction of sp³-hybridized carbons (Fsp3) is 0.412. The van der Waals surface area contributed by atoms with Crippen molar-refractivity contribution < 1.29 is 0 Å². The first-order valence-corrected chi connectivity index (χ1v) is 9.61. The van der Waals surface area contributed by atoms with Crippen molar-refractivity contribution >= 4 is 81.0 Å². The lowest BCUT2D eigenvalue weighted by Gasteiger charge is -2.36. The van der Waals surface area contributed by atoms with Crippen LogP contribution in [0.3, 0.4) is 0 Å². The summed E-state index contributed by atoms with van der Waals surface area (Å²) in [7, 11) is 0. The highest BCUT2D eigenvalue weighted by Gasteiger charge is 2.45. The standard InChI is InChI=1S/C17H16Cl6N2/c1-11-10-13(6-9-15(11,3)17(21,22)23)25-24-12-4-7-14(2,8-5-12)16(18,19)20/h4-10H,1-3H3/b24-12?,25-13-/t14?,15-/m0/s1. The highest BCUT2D eigenvalue weighted by Crippen LogP contribution is 2.51. The maximum Gasteiger partial charge on any atom is 0.202 e. The van der Waals surface area contributed by atoms with Crippen molar-refractivity contribution in [3.8, 4) is 0 Å². The van der Waals surface area contributed by atoms with Crippen LogP contribution >= 0.6 is 69.6 Å². The zero-order valence-electron chi connectivity index (χ0n) is 13.7. The Morgan fingerprint density at radius 3 is 1.68 bits per heavy atom. The van der Waals surface area contributed by atoms with Crippen molar-refractivity contribution in [2.45, 2.75) is 28.4 Å². The maximum absolute atomic E-state index is 6.08. The summed E-state index contributed by atoms with van der Waals surface area (Å²) in [6.45, 7) is 5.57. The van der Waals surface area contributed by atoms with Gasteiger partial charge in [-0.05, 0) is 45.1 Å². The van der Waals surface area contributed by atoms with Gasteiger partial charge in [-0.25, -0.2) is 0 Å². The van der Waals surface area contributed by atoms with Gasteiger partial charge in [-0.15, -0.1) is 0 Å². The summed E-state index contributed by atoms with van der Waals surface area (Å²) >= 11 is 36.2.